The van der Waals surface area contributed by atoms with Gasteiger partial charge in [-0.25, -0.2) is 8.42 Å². The minimum atomic E-state index is -3.36. The Labute approximate surface area is 143 Å². The predicted octanol–water partition coefficient (Wildman–Crippen LogP) is 2.16. The highest BCUT2D eigenvalue weighted by molar-refractivity contribution is 7.89. The Balaban J connectivity index is 1.41. The van der Waals surface area contributed by atoms with Crippen LogP contribution in [0, 0.1) is 0 Å². The Morgan fingerprint density at radius 3 is 1.88 bits per heavy atom. The molecule has 0 atom stereocenters. The molecular formula is C19H22N2O2S. The van der Waals surface area contributed by atoms with Gasteiger partial charge in [0.1, 0.15) is 0 Å². The molecule has 0 amide bonds. The molecular weight excluding hydrogens is 320 g/mol. The van der Waals surface area contributed by atoms with Crippen molar-refractivity contribution in [3.63, 3.8) is 0 Å². The summed E-state index contributed by atoms with van der Waals surface area (Å²) in [6, 6.07) is 17.9. The van der Waals surface area contributed by atoms with Crippen molar-refractivity contribution in [1.29, 1.82) is 0 Å². The predicted molar refractivity (Wildman–Crippen MR) is 94.4 cm³/mol. The number of benzene rings is 2. The van der Waals surface area contributed by atoms with Crippen molar-refractivity contribution in [2.45, 2.75) is 23.8 Å². The van der Waals surface area contributed by atoms with Crippen LogP contribution in [0.5, 0.6) is 0 Å². The van der Waals surface area contributed by atoms with Crippen LogP contribution in [-0.2, 0) is 22.9 Å². The monoisotopic (exact) mass is 342 g/mol. The maximum atomic E-state index is 12.7. The molecule has 2 aromatic carbocycles. The number of piperazine rings is 1. The first kappa shape index (κ1) is 15.8. The van der Waals surface area contributed by atoms with Crippen LogP contribution in [0.15, 0.2) is 59.5 Å². The third kappa shape index (κ3) is 2.88. The third-order valence-corrected chi connectivity index (χ3v) is 7.11. The topological polar surface area (TPSA) is 40.6 Å². The Hall–Kier alpha value is -1.69. The molecule has 1 aliphatic heterocycles. The third-order valence-electron chi connectivity index (χ3n) is 5.20. The zero-order chi connectivity index (χ0) is 16.6. The van der Waals surface area contributed by atoms with Crippen LogP contribution in [0.25, 0.3) is 0 Å². The number of fused-ring (bicyclic) bond motifs is 1. The van der Waals surface area contributed by atoms with E-state index in [2.05, 4.69) is 29.2 Å². The van der Waals surface area contributed by atoms with Gasteiger partial charge in [0.05, 0.1) is 4.90 Å². The summed E-state index contributed by atoms with van der Waals surface area (Å²) < 4.78 is 27.0. The fourth-order valence-corrected chi connectivity index (χ4v) is 5.29. The molecule has 1 fully saturated rings. The summed E-state index contributed by atoms with van der Waals surface area (Å²) in [4.78, 5) is 2.85. The molecule has 4 nitrogen and oxygen atoms in total. The lowest BCUT2D eigenvalue weighted by atomic mass is 10.1. The lowest BCUT2D eigenvalue weighted by molar-refractivity contribution is 0.140. The van der Waals surface area contributed by atoms with Gasteiger partial charge in [0.15, 0.2) is 0 Å². The first-order chi connectivity index (χ1) is 11.6. The summed E-state index contributed by atoms with van der Waals surface area (Å²) >= 11 is 0. The van der Waals surface area contributed by atoms with Crippen LogP contribution in [-0.4, -0.2) is 49.8 Å². The minimum Gasteiger partial charge on any atom is -0.297 e. The Morgan fingerprint density at radius 2 is 1.29 bits per heavy atom. The van der Waals surface area contributed by atoms with Gasteiger partial charge in [0.25, 0.3) is 0 Å². The van der Waals surface area contributed by atoms with Crippen molar-refractivity contribution < 1.29 is 8.42 Å². The van der Waals surface area contributed by atoms with Gasteiger partial charge in [-0.05, 0) is 36.1 Å². The van der Waals surface area contributed by atoms with Crippen molar-refractivity contribution >= 4 is 10.0 Å². The normalized spacial score (nSPS) is 20.2. The van der Waals surface area contributed by atoms with E-state index in [1.54, 1.807) is 28.6 Å². The van der Waals surface area contributed by atoms with E-state index in [4.69, 9.17) is 0 Å². The molecule has 2 aliphatic rings. The number of nitrogens with zero attached hydrogens (tertiary/aromatic N) is 2. The molecule has 5 heteroatoms. The van der Waals surface area contributed by atoms with E-state index in [-0.39, 0.29) is 0 Å². The molecule has 24 heavy (non-hydrogen) atoms. The van der Waals surface area contributed by atoms with Gasteiger partial charge in [0, 0.05) is 32.2 Å². The molecule has 0 saturated carbocycles. The van der Waals surface area contributed by atoms with E-state index in [0.717, 1.165) is 25.9 Å². The van der Waals surface area contributed by atoms with E-state index >= 15 is 0 Å². The van der Waals surface area contributed by atoms with Crippen LogP contribution in [0.4, 0.5) is 0 Å². The molecule has 0 aromatic heterocycles. The van der Waals surface area contributed by atoms with Crippen LogP contribution in [0.2, 0.25) is 0 Å². The summed E-state index contributed by atoms with van der Waals surface area (Å²) in [6.45, 7) is 2.77. The molecule has 2 aromatic rings. The lowest BCUT2D eigenvalue weighted by Crippen LogP contribution is -2.52. The van der Waals surface area contributed by atoms with E-state index in [0.29, 0.717) is 24.0 Å². The number of hydrogen-bond acceptors (Lipinski definition) is 3. The van der Waals surface area contributed by atoms with Gasteiger partial charge in [-0.1, -0.05) is 42.5 Å². The molecule has 126 valence electrons. The first-order valence-corrected chi connectivity index (χ1v) is 9.94. The Bertz CT molecular complexity index is 787. The van der Waals surface area contributed by atoms with Gasteiger partial charge in [-0.3, -0.25) is 4.90 Å². The molecule has 1 heterocycles. The highest BCUT2D eigenvalue weighted by atomic mass is 32.2. The highest BCUT2D eigenvalue weighted by Crippen LogP contribution is 2.27. The van der Waals surface area contributed by atoms with Gasteiger partial charge in [0.2, 0.25) is 10.0 Å². The number of rotatable bonds is 3. The zero-order valence-electron chi connectivity index (χ0n) is 13.6. The second kappa shape index (κ2) is 6.31. The smallest absolute Gasteiger partial charge is 0.243 e. The molecule has 1 aliphatic carbocycles. The summed E-state index contributed by atoms with van der Waals surface area (Å²) in [5.41, 5.74) is 2.89. The van der Waals surface area contributed by atoms with Crippen LogP contribution < -0.4 is 0 Å². The quantitative estimate of drug-likeness (QED) is 0.858. The summed E-state index contributed by atoms with van der Waals surface area (Å²) in [7, 11) is -3.36. The Kier molecular flexibility index (Phi) is 4.16. The summed E-state index contributed by atoms with van der Waals surface area (Å²) in [6.07, 6.45) is 2.17. The Morgan fingerprint density at radius 1 is 0.750 bits per heavy atom. The maximum absolute atomic E-state index is 12.7. The van der Waals surface area contributed by atoms with Crippen LogP contribution in [0.1, 0.15) is 11.1 Å². The van der Waals surface area contributed by atoms with Gasteiger partial charge >= 0.3 is 0 Å². The second-order valence-electron chi connectivity index (χ2n) is 6.58. The minimum absolute atomic E-state index is 0.395. The fraction of sp³-hybridized carbons (Fsp3) is 0.368. The van der Waals surface area contributed by atoms with Crippen molar-refractivity contribution in [3.8, 4) is 0 Å². The van der Waals surface area contributed by atoms with Crippen LogP contribution >= 0.6 is 0 Å². The molecule has 0 radical (unpaired) electrons. The maximum Gasteiger partial charge on any atom is 0.243 e. The largest absolute Gasteiger partial charge is 0.297 e. The molecule has 0 bridgehead atoms. The molecule has 0 spiro atoms. The average molecular weight is 342 g/mol. The van der Waals surface area contributed by atoms with E-state index in [1.165, 1.54) is 11.1 Å². The van der Waals surface area contributed by atoms with E-state index < -0.39 is 10.0 Å². The van der Waals surface area contributed by atoms with Gasteiger partial charge in [-0.15, -0.1) is 0 Å². The SMILES string of the molecule is O=S(=O)(c1ccccc1)N1CCN(C2Cc3ccccc3C2)CC1. The summed E-state index contributed by atoms with van der Waals surface area (Å²) in [5, 5.41) is 0. The number of sulfonamides is 1. The van der Waals surface area contributed by atoms with E-state index in [1.807, 2.05) is 6.07 Å². The average Bonchev–Trinajstić information content (AvgIpc) is 3.07. The zero-order valence-corrected chi connectivity index (χ0v) is 14.5. The first-order valence-electron chi connectivity index (χ1n) is 8.50. The van der Waals surface area contributed by atoms with Crippen molar-refractivity contribution in [2.24, 2.45) is 0 Å². The highest BCUT2D eigenvalue weighted by Gasteiger charge is 2.33. The summed E-state index contributed by atoms with van der Waals surface area (Å²) in [5.74, 6) is 0. The number of hydrogen-bond donors (Lipinski definition) is 0. The van der Waals surface area contributed by atoms with Crippen molar-refractivity contribution in [2.75, 3.05) is 26.2 Å². The standard InChI is InChI=1S/C19H22N2O2S/c22-24(23,19-8-2-1-3-9-19)21-12-10-20(11-13-21)18-14-16-6-4-5-7-17(16)15-18/h1-9,18H,10-15H2. The molecule has 0 N–H and O–H groups in total. The lowest BCUT2D eigenvalue weighted by Gasteiger charge is -2.37. The van der Waals surface area contributed by atoms with E-state index in [9.17, 15) is 8.42 Å². The second-order valence-corrected chi connectivity index (χ2v) is 8.52. The van der Waals surface area contributed by atoms with Crippen molar-refractivity contribution in [3.05, 3.63) is 65.7 Å². The van der Waals surface area contributed by atoms with Gasteiger partial charge in [-0.2, -0.15) is 4.31 Å². The van der Waals surface area contributed by atoms with Crippen LogP contribution in [0.3, 0.4) is 0 Å². The molecule has 4 rings (SSSR count). The fourth-order valence-electron chi connectivity index (χ4n) is 3.84. The molecule has 0 unspecified atom stereocenters. The van der Waals surface area contributed by atoms with Gasteiger partial charge < -0.3 is 0 Å². The molecule has 1 saturated heterocycles. The van der Waals surface area contributed by atoms with Crippen molar-refractivity contribution in [1.82, 2.24) is 9.21 Å².